The van der Waals surface area contributed by atoms with E-state index in [4.69, 9.17) is 16.3 Å². The van der Waals surface area contributed by atoms with Crippen LogP contribution in [0.15, 0.2) is 36.0 Å². The number of allylic oxidation sites excluding steroid dienone is 1. The van der Waals surface area contributed by atoms with Crippen LogP contribution in [0.2, 0.25) is 0 Å². The first-order valence-corrected chi connectivity index (χ1v) is 9.58. The van der Waals surface area contributed by atoms with Crippen LogP contribution in [0.4, 0.5) is 5.69 Å². The van der Waals surface area contributed by atoms with Gasteiger partial charge in [-0.25, -0.2) is 4.79 Å². The number of ether oxygens (including phenoxy) is 1. The third-order valence-electron chi connectivity index (χ3n) is 3.70. The predicted molar refractivity (Wildman–Crippen MR) is 99.7 cm³/mol. The minimum absolute atomic E-state index is 0.0367. The number of rotatable bonds is 8. The van der Waals surface area contributed by atoms with E-state index >= 15 is 0 Å². The number of hydrogen-bond donors (Lipinski definition) is 0. The molecule has 1 aromatic rings. The summed E-state index contributed by atoms with van der Waals surface area (Å²) in [5.74, 6) is -0.178. The van der Waals surface area contributed by atoms with E-state index in [1.165, 1.54) is 40.9 Å². The van der Waals surface area contributed by atoms with Gasteiger partial charge in [-0.1, -0.05) is 19.9 Å². The molecule has 9 heteroatoms. The van der Waals surface area contributed by atoms with Crippen molar-refractivity contribution in [3.8, 4) is 0 Å². The molecule has 26 heavy (non-hydrogen) atoms. The normalized spacial score (nSPS) is 19.9. The summed E-state index contributed by atoms with van der Waals surface area (Å²) in [5, 5.41) is 9.71. The summed E-state index contributed by atoms with van der Waals surface area (Å²) >= 11 is 7.54. The first-order chi connectivity index (χ1) is 12.4. The number of amides is 1. The van der Waals surface area contributed by atoms with E-state index in [0.717, 1.165) is 5.75 Å². The third-order valence-corrected chi connectivity index (χ3v) is 5.43. The van der Waals surface area contributed by atoms with Crippen molar-refractivity contribution in [2.75, 3.05) is 5.75 Å². The molecule has 0 saturated carbocycles. The molecule has 1 heterocycles. The molecule has 0 spiro atoms. The quantitative estimate of drug-likeness (QED) is 0.166. The summed E-state index contributed by atoms with van der Waals surface area (Å²) in [4.78, 5) is 36.1. The molecule has 1 aliphatic heterocycles. The van der Waals surface area contributed by atoms with Gasteiger partial charge in [-0.15, -0.1) is 23.4 Å². The molecule has 1 aromatic carbocycles. The Labute approximate surface area is 160 Å². The second-order valence-corrected chi connectivity index (χ2v) is 7.32. The number of hydrogen-bond acceptors (Lipinski definition) is 6. The first-order valence-electron chi connectivity index (χ1n) is 8.10. The highest BCUT2D eigenvalue weighted by Crippen LogP contribution is 2.37. The van der Waals surface area contributed by atoms with Crippen molar-refractivity contribution in [1.82, 2.24) is 4.90 Å². The van der Waals surface area contributed by atoms with Crippen LogP contribution >= 0.6 is 23.4 Å². The molecule has 0 radical (unpaired) electrons. The molecule has 2 rings (SSSR count). The van der Waals surface area contributed by atoms with Crippen molar-refractivity contribution in [3.63, 3.8) is 0 Å². The average molecular weight is 399 g/mol. The van der Waals surface area contributed by atoms with Gasteiger partial charge in [-0.2, -0.15) is 0 Å². The zero-order valence-corrected chi connectivity index (χ0v) is 16.0. The van der Waals surface area contributed by atoms with Crippen LogP contribution in [0.1, 0.15) is 25.8 Å². The predicted octanol–water partition coefficient (Wildman–Crippen LogP) is 3.46. The molecular formula is C17H19ClN2O5S. The van der Waals surface area contributed by atoms with Crippen molar-refractivity contribution in [1.29, 1.82) is 0 Å². The average Bonchev–Trinajstić information content (AvgIpc) is 2.64. The number of benzene rings is 1. The largest absolute Gasteiger partial charge is 0.456 e. The lowest BCUT2D eigenvalue weighted by molar-refractivity contribution is -0.384. The van der Waals surface area contributed by atoms with Gasteiger partial charge in [0, 0.05) is 12.1 Å². The lowest BCUT2D eigenvalue weighted by Gasteiger charge is -2.43. The molecule has 2 atom stereocenters. The minimum atomic E-state index is -0.650. The highest BCUT2D eigenvalue weighted by atomic mass is 35.5. The Morgan fingerprint density at radius 3 is 2.58 bits per heavy atom. The smallest absolute Gasteiger partial charge is 0.355 e. The van der Waals surface area contributed by atoms with Crippen molar-refractivity contribution < 1.29 is 19.2 Å². The van der Waals surface area contributed by atoms with E-state index in [1.807, 2.05) is 13.8 Å². The summed E-state index contributed by atoms with van der Waals surface area (Å²) in [6, 6.07) is 5.73. The maximum atomic E-state index is 12.5. The topological polar surface area (TPSA) is 89.8 Å². The van der Waals surface area contributed by atoms with E-state index in [9.17, 15) is 19.7 Å². The molecule has 1 saturated heterocycles. The summed E-state index contributed by atoms with van der Waals surface area (Å²) in [6.07, 6.45) is 2.20. The maximum absolute atomic E-state index is 12.5. The van der Waals surface area contributed by atoms with Gasteiger partial charge in [-0.3, -0.25) is 19.8 Å². The molecule has 0 bridgehead atoms. The van der Waals surface area contributed by atoms with Gasteiger partial charge in [0.2, 0.25) is 5.91 Å². The van der Waals surface area contributed by atoms with Gasteiger partial charge in [0.05, 0.1) is 4.92 Å². The van der Waals surface area contributed by atoms with Crippen LogP contribution in [0.5, 0.6) is 0 Å². The monoisotopic (exact) mass is 398 g/mol. The number of nitro benzene ring substituents is 1. The fraction of sp³-hybridized carbons (Fsp3) is 0.412. The lowest BCUT2D eigenvalue weighted by atomic mass is 10.1. The van der Waals surface area contributed by atoms with Crippen molar-refractivity contribution in [2.24, 2.45) is 0 Å². The molecule has 140 valence electrons. The number of esters is 1. The van der Waals surface area contributed by atoms with Crippen LogP contribution in [0.25, 0.3) is 0 Å². The Balaban J connectivity index is 2.06. The van der Waals surface area contributed by atoms with E-state index in [2.05, 4.69) is 0 Å². The molecule has 7 nitrogen and oxygen atoms in total. The van der Waals surface area contributed by atoms with E-state index < -0.39 is 16.3 Å². The molecule has 2 unspecified atom stereocenters. The van der Waals surface area contributed by atoms with Crippen molar-refractivity contribution >= 4 is 40.9 Å². The van der Waals surface area contributed by atoms with Gasteiger partial charge in [-0.05, 0) is 29.9 Å². The number of β-lactam (4-membered cyclic amide) rings is 1. The summed E-state index contributed by atoms with van der Waals surface area (Å²) in [5.41, 5.74) is 0.761. The molecule has 1 fully saturated rings. The molecule has 0 aliphatic carbocycles. The Morgan fingerprint density at radius 2 is 2.04 bits per heavy atom. The number of alkyl halides is 1. The third kappa shape index (κ3) is 4.37. The van der Waals surface area contributed by atoms with Crippen LogP contribution in [0, 0.1) is 10.1 Å². The van der Waals surface area contributed by atoms with E-state index in [0.29, 0.717) is 12.0 Å². The standard InChI is InChI=1S/C17H19ClN2O5S/c1-3-5-13(19-15(21)14(18)16(19)26-4-2)17(22)25-10-11-6-8-12(9-7-11)20(23)24/h5-9,14,16H,3-4,10H2,1-2H3. The number of likely N-dealkylation sites (tertiary alicyclic amines) is 1. The zero-order valence-electron chi connectivity index (χ0n) is 14.4. The van der Waals surface area contributed by atoms with Gasteiger partial charge < -0.3 is 4.74 Å². The first kappa shape index (κ1) is 20.3. The second kappa shape index (κ2) is 9.05. The van der Waals surface area contributed by atoms with Crippen LogP contribution < -0.4 is 0 Å². The van der Waals surface area contributed by atoms with Gasteiger partial charge >= 0.3 is 5.97 Å². The van der Waals surface area contributed by atoms with Gasteiger partial charge in [0.15, 0.2) is 0 Å². The Hall–Kier alpha value is -2.06. The number of carbonyl (C=O) groups excluding carboxylic acids is 2. The number of non-ortho nitro benzene ring substituents is 1. The highest BCUT2D eigenvalue weighted by molar-refractivity contribution is 8.00. The fourth-order valence-electron chi connectivity index (χ4n) is 2.42. The van der Waals surface area contributed by atoms with Gasteiger partial charge in [0.25, 0.3) is 5.69 Å². The number of nitrogens with zero attached hydrogens (tertiary/aromatic N) is 2. The van der Waals surface area contributed by atoms with E-state index in [-0.39, 0.29) is 29.3 Å². The van der Waals surface area contributed by atoms with E-state index in [1.54, 1.807) is 6.08 Å². The Morgan fingerprint density at radius 1 is 1.38 bits per heavy atom. The highest BCUT2D eigenvalue weighted by Gasteiger charge is 2.49. The number of nitro groups is 1. The Kier molecular flexibility index (Phi) is 7.05. The minimum Gasteiger partial charge on any atom is -0.456 e. The zero-order chi connectivity index (χ0) is 19.3. The van der Waals surface area contributed by atoms with Gasteiger partial charge in [0.1, 0.15) is 23.1 Å². The lowest BCUT2D eigenvalue weighted by Crippen LogP contribution is -2.61. The van der Waals surface area contributed by atoms with Crippen LogP contribution in [-0.2, 0) is 20.9 Å². The summed E-state index contributed by atoms with van der Waals surface area (Å²) in [6.45, 7) is 3.76. The molecule has 0 aromatic heterocycles. The Bertz CT molecular complexity index is 722. The van der Waals surface area contributed by atoms with Crippen molar-refractivity contribution in [3.05, 3.63) is 51.7 Å². The number of thioether (sulfide) groups is 1. The molecule has 0 N–H and O–H groups in total. The van der Waals surface area contributed by atoms with Crippen molar-refractivity contribution in [2.45, 2.75) is 37.6 Å². The van der Waals surface area contributed by atoms with Crippen LogP contribution in [-0.4, -0.2) is 38.2 Å². The van der Waals surface area contributed by atoms with Crippen LogP contribution in [0.3, 0.4) is 0 Å². The molecular weight excluding hydrogens is 380 g/mol. The number of halogens is 1. The molecule has 1 aliphatic rings. The SMILES string of the molecule is CCC=C(C(=O)OCc1ccc([N+](=O)[O-])cc1)N1C(=O)C(Cl)C1SCC. The fourth-order valence-corrected chi connectivity index (χ4v) is 3.85. The second-order valence-electron chi connectivity index (χ2n) is 5.45. The summed E-state index contributed by atoms with van der Waals surface area (Å²) < 4.78 is 5.29. The summed E-state index contributed by atoms with van der Waals surface area (Å²) in [7, 11) is 0. The maximum Gasteiger partial charge on any atom is 0.355 e. The molecule has 1 amide bonds. The number of carbonyl (C=O) groups is 2.